The molecule has 2 rings (SSSR count). The highest BCUT2D eigenvalue weighted by molar-refractivity contribution is 7.14. The number of amides is 1. The number of hydrogen-bond donors (Lipinski definition) is 1. The van der Waals surface area contributed by atoms with E-state index in [0.29, 0.717) is 0 Å². The summed E-state index contributed by atoms with van der Waals surface area (Å²) < 4.78 is 0. The quantitative estimate of drug-likeness (QED) is 0.880. The second kappa shape index (κ2) is 5.36. The van der Waals surface area contributed by atoms with Gasteiger partial charge in [-0.25, -0.2) is 0 Å². The molecular formula is C15H17NOS. The highest BCUT2D eigenvalue weighted by Gasteiger charge is 2.10. The van der Waals surface area contributed by atoms with Gasteiger partial charge in [0.15, 0.2) is 0 Å². The van der Waals surface area contributed by atoms with E-state index in [0.717, 1.165) is 17.0 Å². The van der Waals surface area contributed by atoms with Crippen LogP contribution < -0.4 is 5.32 Å². The van der Waals surface area contributed by atoms with Crippen LogP contribution in [0.2, 0.25) is 0 Å². The molecule has 0 fully saturated rings. The summed E-state index contributed by atoms with van der Waals surface area (Å²) >= 11 is 1.54. The minimum atomic E-state index is -0.0237. The molecule has 0 unspecified atom stereocenters. The van der Waals surface area contributed by atoms with Crippen LogP contribution in [0.5, 0.6) is 0 Å². The van der Waals surface area contributed by atoms with Crippen LogP contribution in [0.4, 0.5) is 5.69 Å². The monoisotopic (exact) mass is 259 g/mol. The lowest BCUT2D eigenvalue weighted by atomic mass is 10.1. The van der Waals surface area contributed by atoms with Crippen molar-refractivity contribution in [2.75, 3.05) is 5.32 Å². The van der Waals surface area contributed by atoms with Gasteiger partial charge in [-0.15, -0.1) is 11.3 Å². The third-order valence-corrected chi connectivity index (χ3v) is 4.13. The van der Waals surface area contributed by atoms with E-state index < -0.39 is 0 Å². The van der Waals surface area contributed by atoms with E-state index in [4.69, 9.17) is 0 Å². The van der Waals surface area contributed by atoms with E-state index in [9.17, 15) is 4.79 Å². The molecule has 0 saturated heterocycles. The summed E-state index contributed by atoms with van der Waals surface area (Å²) in [6.45, 7) is 6.17. The summed E-state index contributed by atoms with van der Waals surface area (Å²) in [4.78, 5) is 14.0. The van der Waals surface area contributed by atoms with Crippen LogP contribution in [-0.4, -0.2) is 5.91 Å². The largest absolute Gasteiger partial charge is 0.321 e. The Morgan fingerprint density at radius 1 is 1.28 bits per heavy atom. The lowest BCUT2D eigenvalue weighted by molar-refractivity contribution is 0.103. The first-order chi connectivity index (χ1) is 8.60. The molecule has 0 spiro atoms. The average molecular weight is 259 g/mol. The number of anilines is 1. The molecule has 0 aliphatic rings. The molecule has 94 valence electrons. The van der Waals surface area contributed by atoms with Crippen LogP contribution in [0.3, 0.4) is 0 Å². The second-order valence-electron chi connectivity index (χ2n) is 4.36. The molecule has 0 atom stereocenters. The van der Waals surface area contributed by atoms with Gasteiger partial charge < -0.3 is 5.32 Å². The summed E-state index contributed by atoms with van der Waals surface area (Å²) in [5, 5.41) is 2.94. The van der Waals surface area contributed by atoms with Crippen molar-refractivity contribution in [3.05, 3.63) is 51.2 Å². The molecule has 0 radical (unpaired) electrons. The molecule has 0 saturated carbocycles. The van der Waals surface area contributed by atoms with Crippen molar-refractivity contribution >= 4 is 22.9 Å². The van der Waals surface area contributed by atoms with Gasteiger partial charge in [0.1, 0.15) is 0 Å². The van der Waals surface area contributed by atoms with Crippen LogP contribution in [0, 0.1) is 13.8 Å². The maximum absolute atomic E-state index is 12.1. The van der Waals surface area contributed by atoms with Crippen LogP contribution in [-0.2, 0) is 6.42 Å². The third-order valence-electron chi connectivity index (χ3n) is 2.98. The lowest BCUT2D eigenvalue weighted by Gasteiger charge is -2.05. The molecule has 18 heavy (non-hydrogen) atoms. The SMILES string of the molecule is CCc1cccc(NC(=O)c2cc(C)c(C)s2)c1. The molecular weight excluding hydrogens is 242 g/mol. The Bertz CT molecular complexity index is 552. The molecule has 1 amide bonds. The maximum Gasteiger partial charge on any atom is 0.265 e. The summed E-state index contributed by atoms with van der Waals surface area (Å²) in [6.07, 6.45) is 0.973. The van der Waals surface area contributed by atoms with E-state index in [2.05, 4.69) is 18.3 Å². The highest BCUT2D eigenvalue weighted by Crippen LogP contribution is 2.22. The molecule has 3 heteroatoms. The number of thiophene rings is 1. The molecule has 0 aliphatic carbocycles. The van der Waals surface area contributed by atoms with Crippen molar-refractivity contribution in [3.63, 3.8) is 0 Å². The van der Waals surface area contributed by atoms with Gasteiger partial charge in [-0.1, -0.05) is 19.1 Å². The first-order valence-corrected chi connectivity index (χ1v) is 6.89. The predicted molar refractivity (Wildman–Crippen MR) is 77.6 cm³/mol. The highest BCUT2D eigenvalue weighted by atomic mass is 32.1. The molecule has 1 heterocycles. The maximum atomic E-state index is 12.1. The Hall–Kier alpha value is -1.61. The summed E-state index contributed by atoms with van der Waals surface area (Å²) in [5.74, 6) is -0.0237. The summed E-state index contributed by atoms with van der Waals surface area (Å²) in [6, 6.07) is 9.92. The number of nitrogens with one attached hydrogen (secondary N) is 1. The van der Waals surface area contributed by atoms with Gasteiger partial charge in [0.2, 0.25) is 0 Å². The van der Waals surface area contributed by atoms with Gasteiger partial charge in [-0.2, -0.15) is 0 Å². The predicted octanol–water partition coefficient (Wildman–Crippen LogP) is 4.18. The van der Waals surface area contributed by atoms with Crippen LogP contribution in [0.15, 0.2) is 30.3 Å². The fourth-order valence-corrected chi connectivity index (χ4v) is 2.68. The summed E-state index contributed by atoms with van der Waals surface area (Å²) in [5.41, 5.74) is 3.27. The third kappa shape index (κ3) is 2.79. The Morgan fingerprint density at radius 2 is 2.06 bits per heavy atom. The summed E-state index contributed by atoms with van der Waals surface area (Å²) in [7, 11) is 0. The molecule has 1 N–H and O–H groups in total. The average Bonchev–Trinajstić information content (AvgIpc) is 2.70. The Balaban J connectivity index is 2.15. The van der Waals surface area contributed by atoms with Crippen LogP contribution >= 0.6 is 11.3 Å². The first-order valence-electron chi connectivity index (χ1n) is 6.07. The lowest BCUT2D eigenvalue weighted by Crippen LogP contribution is -2.10. The second-order valence-corrected chi connectivity index (χ2v) is 5.61. The molecule has 2 aromatic rings. The normalized spacial score (nSPS) is 10.4. The smallest absolute Gasteiger partial charge is 0.265 e. The number of carbonyl (C=O) groups is 1. The Labute approximate surface area is 112 Å². The number of rotatable bonds is 3. The molecule has 1 aromatic carbocycles. The van der Waals surface area contributed by atoms with E-state index in [-0.39, 0.29) is 5.91 Å². The number of aryl methyl sites for hydroxylation is 3. The minimum Gasteiger partial charge on any atom is -0.321 e. The van der Waals surface area contributed by atoms with Crippen molar-refractivity contribution < 1.29 is 4.79 Å². The zero-order chi connectivity index (χ0) is 13.1. The van der Waals surface area contributed by atoms with Crippen molar-refractivity contribution in [2.24, 2.45) is 0 Å². The molecule has 1 aromatic heterocycles. The van der Waals surface area contributed by atoms with Crippen LogP contribution in [0.25, 0.3) is 0 Å². The molecule has 2 nitrogen and oxygen atoms in total. The fourth-order valence-electron chi connectivity index (χ4n) is 1.75. The van der Waals surface area contributed by atoms with Gasteiger partial charge in [-0.05, 0) is 49.6 Å². The number of benzene rings is 1. The van der Waals surface area contributed by atoms with Gasteiger partial charge in [0, 0.05) is 10.6 Å². The molecule has 0 bridgehead atoms. The van der Waals surface area contributed by atoms with Gasteiger partial charge >= 0.3 is 0 Å². The van der Waals surface area contributed by atoms with Gasteiger partial charge in [0.05, 0.1) is 4.88 Å². The number of carbonyl (C=O) groups excluding carboxylic acids is 1. The topological polar surface area (TPSA) is 29.1 Å². The fraction of sp³-hybridized carbons (Fsp3) is 0.267. The van der Waals surface area contributed by atoms with Crippen LogP contribution in [0.1, 0.15) is 32.6 Å². The van der Waals surface area contributed by atoms with Gasteiger partial charge in [0.25, 0.3) is 5.91 Å². The van der Waals surface area contributed by atoms with E-state index in [1.54, 1.807) is 0 Å². The van der Waals surface area contributed by atoms with Crippen molar-refractivity contribution in [1.82, 2.24) is 0 Å². The number of hydrogen-bond acceptors (Lipinski definition) is 2. The van der Waals surface area contributed by atoms with E-state index in [1.165, 1.54) is 27.3 Å². The van der Waals surface area contributed by atoms with E-state index in [1.807, 2.05) is 38.1 Å². The zero-order valence-corrected chi connectivity index (χ0v) is 11.7. The minimum absolute atomic E-state index is 0.0237. The standard InChI is InChI=1S/C15H17NOS/c1-4-12-6-5-7-13(9-12)16-15(17)14-8-10(2)11(3)18-14/h5-9H,4H2,1-3H3,(H,16,17). The Kier molecular flexibility index (Phi) is 3.82. The zero-order valence-electron chi connectivity index (χ0n) is 10.9. The Morgan fingerprint density at radius 3 is 2.67 bits per heavy atom. The first kappa shape index (κ1) is 12.8. The van der Waals surface area contributed by atoms with E-state index >= 15 is 0 Å². The van der Waals surface area contributed by atoms with Crippen molar-refractivity contribution in [3.8, 4) is 0 Å². The molecule has 0 aliphatic heterocycles. The van der Waals surface area contributed by atoms with Crippen molar-refractivity contribution in [1.29, 1.82) is 0 Å². The van der Waals surface area contributed by atoms with Gasteiger partial charge in [-0.3, -0.25) is 4.79 Å². The van der Waals surface area contributed by atoms with Crippen molar-refractivity contribution in [2.45, 2.75) is 27.2 Å².